The summed E-state index contributed by atoms with van der Waals surface area (Å²) in [6, 6.07) is 9.93. The van der Waals surface area contributed by atoms with Crippen LogP contribution in [0, 0.1) is 0 Å². The summed E-state index contributed by atoms with van der Waals surface area (Å²) in [5.74, 6) is -2.47. The van der Waals surface area contributed by atoms with Gasteiger partial charge in [-0.2, -0.15) is 18.2 Å². The Bertz CT molecular complexity index is 944. The van der Waals surface area contributed by atoms with E-state index in [2.05, 4.69) is 34.8 Å². The van der Waals surface area contributed by atoms with Crippen molar-refractivity contribution in [3.8, 4) is 11.6 Å². The van der Waals surface area contributed by atoms with Crippen molar-refractivity contribution < 1.29 is 22.5 Å². The Kier molecular flexibility index (Phi) is 6.17. The zero-order chi connectivity index (χ0) is 20.9. The highest BCUT2D eigenvalue weighted by atomic mass is 19.4. The van der Waals surface area contributed by atoms with E-state index >= 15 is 0 Å². The lowest BCUT2D eigenvalue weighted by Crippen LogP contribution is -2.32. The Balaban J connectivity index is 1.50. The lowest BCUT2D eigenvalue weighted by atomic mass is 10.2. The molecule has 0 unspecified atom stereocenters. The van der Waals surface area contributed by atoms with Crippen molar-refractivity contribution >= 4 is 5.91 Å². The summed E-state index contributed by atoms with van der Waals surface area (Å²) in [6.45, 7) is 1.78. The number of rotatable bonds is 7. The number of hydrogen-bond acceptors (Lipinski definition) is 7. The molecule has 1 amide bonds. The average Bonchev–Trinajstić information content (AvgIpc) is 3.19. The van der Waals surface area contributed by atoms with Crippen LogP contribution >= 0.6 is 0 Å². The zero-order valence-corrected chi connectivity index (χ0v) is 15.3. The van der Waals surface area contributed by atoms with Crippen LogP contribution < -0.4 is 5.32 Å². The van der Waals surface area contributed by atoms with Crippen LogP contribution in [0.5, 0.6) is 0 Å². The van der Waals surface area contributed by atoms with Gasteiger partial charge in [-0.05, 0) is 12.6 Å². The molecule has 0 atom stereocenters. The minimum atomic E-state index is -4.75. The number of nitrogens with one attached hydrogen (secondary N) is 1. The number of carbonyl (C=O) groups is 1. The van der Waals surface area contributed by atoms with Gasteiger partial charge in [0.15, 0.2) is 0 Å². The maximum Gasteiger partial charge on any atom is 0.471 e. The number of amides is 1. The van der Waals surface area contributed by atoms with E-state index in [1.807, 2.05) is 37.4 Å². The Morgan fingerprint density at radius 2 is 1.83 bits per heavy atom. The normalized spacial score (nSPS) is 11.6. The highest BCUT2D eigenvalue weighted by molar-refractivity contribution is 5.93. The third-order valence-electron chi connectivity index (χ3n) is 3.86. The molecule has 3 aromatic rings. The zero-order valence-electron chi connectivity index (χ0n) is 15.3. The van der Waals surface area contributed by atoms with Gasteiger partial charge in [-0.15, -0.1) is 0 Å². The number of alkyl halides is 3. The van der Waals surface area contributed by atoms with E-state index < -0.39 is 23.8 Å². The van der Waals surface area contributed by atoms with Gasteiger partial charge in [-0.3, -0.25) is 4.79 Å². The fourth-order valence-corrected chi connectivity index (χ4v) is 2.43. The average molecular weight is 406 g/mol. The fourth-order valence-electron chi connectivity index (χ4n) is 2.43. The molecule has 1 aromatic carbocycles. The van der Waals surface area contributed by atoms with E-state index in [0.29, 0.717) is 13.1 Å². The lowest BCUT2D eigenvalue weighted by Gasteiger charge is -2.16. The van der Waals surface area contributed by atoms with Crippen LogP contribution in [0.2, 0.25) is 0 Å². The standard InChI is InChI=1S/C18H17F3N6O2/c1-27(11-12-5-3-2-4-6-12)8-7-22-16(28)13-9-23-14(24-10-13)15-25-17(29-26-15)18(19,20)21/h2-6,9-10H,7-8,11H2,1H3,(H,22,28). The molecule has 8 nitrogen and oxygen atoms in total. The van der Waals surface area contributed by atoms with Gasteiger partial charge in [-0.1, -0.05) is 35.5 Å². The van der Waals surface area contributed by atoms with Crippen LogP contribution in [0.3, 0.4) is 0 Å². The molecule has 152 valence electrons. The monoisotopic (exact) mass is 406 g/mol. The summed E-state index contributed by atoms with van der Waals surface area (Å²) >= 11 is 0. The lowest BCUT2D eigenvalue weighted by molar-refractivity contribution is -0.159. The molecule has 0 saturated heterocycles. The molecule has 2 aromatic heterocycles. The second-order valence-corrected chi connectivity index (χ2v) is 6.20. The first-order valence-electron chi connectivity index (χ1n) is 8.57. The van der Waals surface area contributed by atoms with Gasteiger partial charge in [-0.25, -0.2) is 9.97 Å². The highest BCUT2D eigenvalue weighted by Crippen LogP contribution is 2.28. The van der Waals surface area contributed by atoms with Gasteiger partial charge in [0.2, 0.25) is 11.6 Å². The van der Waals surface area contributed by atoms with Crippen molar-refractivity contribution in [1.29, 1.82) is 0 Å². The van der Waals surface area contributed by atoms with Gasteiger partial charge in [0, 0.05) is 32.0 Å². The minimum Gasteiger partial charge on any atom is -0.351 e. The van der Waals surface area contributed by atoms with Gasteiger partial charge in [0.25, 0.3) is 5.91 Å². The van der Waals surface area contributed by atoms with E-state index in [0.717, 1.165) is 6.54 Å². The third-order valence-corrected chi connectivity index (χ3v) is 3.86. The minimum absolute atomic E-state index is 0.166. The summed E-state index contributed by atoms with van der Waals surface area (Å²) in [4.78, 5) is 25.1. The van der Waals surface area contributed by atoms with Gasteiger partial charge in [0.1, 0.15) is 0 Å². The second-order valence-electron chi connectivity index (χ2n) is 6.20. The number of hydrogen-bond donors (Lipinski definition) is 1. The third kappa shape index (κ3) is 5.57. The number of halogens is 3. The topological polar surface area (TPSA) is 97.0 Å². The van der Waals surface area contributed by atoms with Crippen molar-refractivity contribution in [2.45, 2.75) is 12.7 Å². The van der Waals surface area contributed by atoms with Crippen LogP contribution in [0.15, 0.2) is 47.2 Å². The van der Waals surface area contributed by atoms with Crippen molar-refractivity contribution in [1.82, 2.24) is 30.3 Å². The first-order valence-corrected chi connectivity index (χ1v) is 8.57. The Hall–Kier alpha value is -3.34. The summed E-state index contributed by atoms with van der Waals surface area (Å²) in [5, 5.41) is 5.93. The molecule has 3 rings (SSSR count). The summed E-state index contributed by atoms with van der Waals surface area (Å²) < 4.78 is 41.6. The van der Waals surface area contributed by atoms with E-state index in [4.69, 9.17) is 0 Å². The fraction of sp³-hybridized carbons (Fsp3) is 0.278. The molecule has 1 N–H and O–H groups in total. The van der Waals surface area contributed by atoms with Crippen molar-refractivity contribution in [2.75, 3.05) is 20.1 Å². The van der Waals surface area contributed by atoms with E-state index in [9.17, 15) is 18.0 Å². The smallest absolute Gasteiger partial charge is 0.351 e. The number of carbonyl (C=O) groups excluding carboxylic acids is 1. The molecule has 0 aliphatic heterocycles. The molecule has 0 bridgehead atoms. The van der Waals surface area contributed by atoms with Gasteiger partial charge >= 0.3 is 12.1 Å². The molecule has 0 aliphatic rings. The molecule has 0 aliphatic carbocycles. The summed E-state index contributed by atoms with van der Waals surface area (Å²) in [6.07, 6.45) is -2.37. The van der Waals surface area contributed by atoms with Crippen LogP contribution in [0.1, 0.15) is 21.8 Å². The molecule has 0 saturated carbocycles. The van der Waals surface area contributed by atoms with E-state index in [-0.39, 0.29) is 11.4 Å². The van der Waals surface area contributed by atoms with Crippen molar-refractivity contribution in [3.63, 3.8) is 0 Å². The quantitative estimate of drug-likeness (QED) is 0.644. The maximum absolute atomic E-state index is 12.5. The van der Waals surface area contributed by atoms with E-state index in [1.165, 1.54) is 18.0 Å². The van der Waals surface area contributed by atoms with E-state index in [1.54, 1.807) is 0 Å². The van der Waals surface area contributed by atoms with Crippen LogP contribution in [0.25, 0.3) is 11.6 Å². The number of benzene rings is 1. The molecule has 0 spiro atoms. The van der Waals surface area contributed by atoms with Crippen LogP contribution in [-0.2, 0) is 12.7 Å². The highest BCUT2D eigenvalue weighted by Gasteiger charge is 2.38. The molecule has 0 fully saturated rings. The first-order chi connectivity index (χ1) is 13.8. The molecule has 2 heterocycles. The van der Waals surface area contributed by atoms with Crippen LogP contribution in [-0.4, -0.2) is 51.1 Å². The largest absolute Gasteiger partial charge is 0.471 e. The number of likely N-dealkylation sites (N-methyl/N-ethyl adjacent to an activating group) is 1. The Labute approximate surface area is 163 Å². The van der Waals surface area contributed by atoms with Crippen molar-refractivity contribution in [3.05, 3.63) is 59.7 Å². The summed E-state index contributed by atoms with van der Waals surface area (Å²) in [7, 11) is 1.94. The first kappa shape index (κ1) is 20.4. The SMILES string of the molecule is CN(CCNC(=O)c1cnc(-c2noc(C(F)(F)F)n2)nc1)Cc1ccccc1. The number of aromatic nitrogens is 4. The van der Waals surface area contributed by atoms with Gasteiger partial charge < -0.3 is 14.7 Å². The molecule has 11 heteroatoms. The van der Waals surface area contributed by atoms with Crippen molar-refractivity contribution in [2.24, 2.45) is 0 Å². The molecular formula is C18H17F3N6O2. The predicted octanol–water partition coefficient (Wildman–Crippen LogP) is 2.41. The van der Waals surface area contributed by atoms with Crippen LogP contribution in [0.4, 0.5) is 13.2 Å². The maximum atomic E-state index is 12.5. The predicted molar refractivity (Wildman–Crippen MR) is 95.4 cm³/mol. The Morgan fingerprint density at radius 1 is 1.14 bits per heavy atom. The Morgan fingerprint density at radius 3 is 2.45 bits per heavy atom. The van der Waals surface area contributed by atoms with Gasteiger partial charge in [0.05, 0.1) is 5.56 Å². The second kappa shape index (κ2) is 8.78. The number of nitrogens with zero attached hydrogens (tertiary/aromatic N) is 5. The summed E-state index contributed by atoms with van der Waals surface area (Å²) in [5.41, 5.74) is 1.33. The molecule has 29 heavy (non-hydrogen) atoms. The molecule has 0 radical (unpaired) electrons. The molecular weight excluding hydrogens is 389 g/mol.